The molecule has 20 heavy (non-hydrogen) atoms. The van der Waals surface area contributed by atoms with E-state index in [0.29, 0.717) is 19.4 Å². The van der Waals surface area contributed by atoms with Gasteiger partial charge in [0.15, 0.2) is 0 Å². The van der Waals surface area contributed by atoms with E-state index in [1.54, 1.807) is 17.0 Å². The molecule has 1 amide bonds. The van der Waals surface area contributed by atoms with Gasteiger partial charge >= 0.3 is 0 Å². The summed E-state index contributed by atoms with van der Waals surface area (Å²) >= 11 is 0. The van der Waals surface area contributed by atoms with Crippen molar-refractivity contribution in [3.8, 4) is 0 Å². The van der Waals surface area contributed by atoms with Gasteiger partial charge in [-0.3, -0.25) is 4.79 Å². The fourth-order valence-corrected chi connectivity index (χ4v) is 2.93. The van der Waals surface area contributed by atoms with E-state index >= 15 is 0 Å². The van der Waals surface area contributed by atoms with Gasteiger partial charge in [0.05, 0.1) is 4.90 Å². The lowest BCUT2D eigenvalue weighted by atomic mass is 9.91. The quantitative estimate of drug-likeness (QED) is 0.901. The number of rotatable bonds is 2. The van der Waals surface area contributed by atoms with E-state index in [1.807, 2.05) is 20.8 Å². The van der Waals surface area contributed by atoms with Gasteiger partial charge in [-0.05, 0) is 35.6 Å². The van der Waals surface area contributed by atoms with Crippen LogP contribution >= 0.6 is 0 Å². The number of hydrogen-bond acceptors (Lipinski definition) is 3. The smallest absolute Gasteiger partial charge is 0.238 e. The molecule has 0 aromatic heterocycles. The predicted octanol–water partition coefficient (Wildman–Crippen LogP) is 1.66. The van der Waals surface area contributed by atoms with Crippen LogP contribution in [0.4, 0.5) is 5.69 Å². The van der Waals surface area contributed by atoms with E-state index < -0.39 is 10.0 Å². The van der Waals surface area contributed by atoms with Crippen LogP contribution in [0.5, 0.6) is 0 Å². The third-order valence-electron chi connectivity index (χ3n) is 3.26. The summed E-state index contributed by atoms with van der Waals surface area (Å²) in [4.78, 5) is 14.1. The van der Waals surface area contributed by atoms with Crippen molar-refractivity contribution in [2.24, 2.45) is 10.6 Å². The molecular weight excluding hydrogens is 276 g/mol. The molecule has 0 saturated heterocycles. The van der Waals surface area contributed by atoms with Crippen LogP contribution in [0.3, 0.4) is 0 Å². The molecule has 5 nitrogen and oxygen atoms in total. The maximum Gasteiger partial charge on any atom is 0.238 e. The summed E-state index contributed by atoms with van der Waals surface area (Å²) in [6.07, 6.45) is 1.12. The zero-order valence-electron chi connectivity index (χ0n) is 12.0. The highest BCUT2D eigenvalue weighted by Crippen LogP contribution is 2.32. The Morgan fingerprint density at radius 2 is 2.00 bits per heavy atom. The summed E-state index contributed by atoms with van der Waals surface area (Å²) in [5.74, 6) is 0.0691. The molecule has 0 saturated carbocycles. The maximum atomic E-state index is 12.3. The Labute approximate surface area is 119 Å². The summed E-state index contributed by atoms with van der Waals surface area (Å²) in [5.41, 5.74) is 1.59. The van der Waals surface area contributed by atoms with Crippen LogP contribution < -0.4 is 10.0 Å². The van der Waals surface area contributed by atoms with E-state index in [1.165, 1.54) is 6.07 Å². The number of amides is 1. The largest absolute Gasteiger partial charge is 0.312 e. The number of hydrogen-bond donors (Lipinski definition) is 1. The number of carbonyl (C=O) groups is 1. The van der Waals surface area contributed by atoms with E-state index in [9.17, 15) is 13.2 Å². The molecule has 1 heterocycles. The zero-order valence-corrected chi connectivity index (χ0v) is 12.8. The highest BCUT2D eigenvalue weighted by Gasteiger charge is 2.28. The van der Waals surface area contributed by atoms with Crippen molar-refractivity contribution in [2.45, 2.75) is 38.5 Å². The molecular formula is C14H20N2O3S. The summed E-state index contributed by atoms with van der Waals surface area (Å²) in [7, 11) is -3.69. The van der Waals surface area contributed by atoms with E-state index in [-0.39, 0.29) is 16.2 Å². The number of benzene rings is 1. The van der Waals surface area contributed by atoms with Gasteiger partial charge in [-0.1, -0.05) is 20.8 Å². The Morgan fingerprint density at radius 1 is 1.35 bits per heavy atom. The molecule has 0 unspecified atom stereocenters. The maximum absolute atomic E-state index is 12.3. The number of anilines is 1. The molecule has 110 valence electrons. The lowest BCUT2D eigenvalue weighted by Gasteiger charge is -2.23. The molecule has 0 aliphatic carbocycles. The summed E-state index contributed by atoms with van der Waals surface area (Å²) in [5, 5.41) is 5.12. The van der Waals surface area contributed by atoms with Gasteiger partial charge in [-0.25, -0.2) is 13.6 Å². The SMILES string of the molecule is CC(C)(C)CC(=O)N1CCc2cc(S(N)(=O)=O)ccc21. The van der Waals surface area contributed by atoms with Crippen molar-refractivity contribution >= 4 is 21.6 Å². The van der Waals surface area contributed by atoms with Crippen LogP contribution in [0.2, 0.25) is 0 Å². The van der Waals surface area contributed by atoms with Crippen LogP contribution in [-0.2, 0) is 21.2 Å². The average molecular weight is 296 g/mol. The zero-order chi connectivity index (χ0) is 15.1. The van der Waals surface area contributed by atoms with Gasteiger partial charge in [0.1, 0.15) is 0 Å². The Bertz CT molecular complexity index is 645. The second kappa shape index (κ2) is 4.86. The number of primary sulfonamides is 1. The Balaban J connectivity index is 2.29. The lowest BCUT2D eigenvalue weighted by Crippen LogP contribution is -2.31. The van der Waals surface area contributed by atoms with Gasteiger partial charge in [0.25, 0.3) is 0 Å². The molecule has 2 rings (SSSR count). The number of nitrogens with zero attached hydrogens (tertiary/aromatic N) is 1. The minimum absolute atomic E-state index is 0.0691. The number of fused-ring (bicyclic) bond motifs is 1. The third kappa shape index (κ3) is 3.19. The predicted molar refractivity (Wildman–Crippen MR) is 77.9 cm³/mol. The third-order valence-corrected chi connectivity index (χ3v) is 4.17. The molecule has 1 aliphatic rings. The molecule has 1 aromatic rings. The second-order valence-corrected chi connectivity index (χ2v) is 7.93. The van der Waals surface area contributed by atoms with Gasteiger partial charge in [0.2, 0.25) is 15.9 Å². The first-order valence-corrected chi connectivity index (χ1v) is 8.09. The normalized spacial score (nSPS) is 15.3. The molecule has 2 N–H and O–H groups in total. The topological polar surface area (TPSA) is 80.5 Å². The number of sulfonamides is 1. The minimum Gasteiger partial charge on any atom is -0.312 e. The fraction of sp³-hybridized carbons (Fsp3) is 0.500. The van der Waals surface area contributed by atoms with E-state index in [0.717, 1.165) is 11.3 Å². The van der Waals surface area contributed by atoms with Crippen molar-refractivity contribution < 1.29 is 13.2 Å². The first kappa shape index (κ1) is 15.0. The number of carbonyl (C=O) groups excluding carboxylic acids is 1. The van der Waals surface area contributed by atoms with Crippen LogP contribution in [-0.4, -0.2) is 20.9 Å². The molecule has 1 aliphatic heterocycles. The van der Waals surface area contributed by atoms with Crippen LogP contribution in [0, 0.1) is 5.41 Å². The monoisotopic (exact) mass is 296 g/mol. The fourth-order valence-electron chi connectivity index (χ4n) is 2.36. The van der Waals surface area contributed by atoms with Crippen LogP contribution in [0.25, 0.3) is 0 Å². The Morgan fingerprint density at radius 3 is 2.55 bits per heavy atom. The highest BCUT2D eigenvalue weighted by atomic mass is 32.2. The van der Waals surface area contributed by atoms with E-state index in [2.05, 4.69) is 0 Å². The molecule has 6 heteroatoms. The van der Waals surface area contributed by atoms with Gasteiger partial charge < -0.3 is 4.90 Å². The molecule has 0 fully saturated rings. The molecule has 1 aromatic carbocycles. The second-order valence-electron chi connectivity index (χ2n) is 6.37. The van der Waals surface area contributed by atoms with Crippen molar-refractivity contribution in [3.63, 3.8) is 0 Å². The summed E-state index contributed by atoms with van der Waals surface area (Å²) in [6.45, 7) is 6.66. The van der Waals surface area contributed by atoms with Gasteiger partial charge in [-0.2, -0.15) is 0 Å². The number of nitrogens with two attached hydrogens (primary N) is 1. The average Bonchev–Trinajstić information content (AvgIpc) is 2.67. The first-order valence-electron chi connectivity index (χ1n) is 6.54. The standard InChI is InChI=1S/C14H20N2O3S/c1-14(2,3)9-13(17)16-7-6-10-8-11(20(15,18)19)4-5-12(10)16/h4-5,8H,6-7,9H2,1-3H3,(H2,15,18,19). The van der Waals surface area contributed by atoms with Crippen LogP contribution in [0.1, 0.15) is 32.8 Å². The van der Waals surface area contributed by atoms with Crippen molar-refractivity contribution in [2.75, 3.05) is 11.4 Å². The van der Waals surface area contributed by atoms with Crippen molar-refractivity contribution in [1.82, 2.24) is 0 Å². The van der Waals surface area contributed by atoms with Crippen LogP contribution in [0.15, 0.2) is 23.1 Å². The highest BCUT2D eigenvalue weighted by molar-refractivity contribution is 7.89. The van der Waals surface area contributed by atoms with Gasteiger partial charge in [0, 0.05) is 18.7 Å². The summed E-state index contributed by atoms with van der Waals surface area (Å²) < 4.78 is 22.7. The minimum atomic E-state index is -3.69. The lowest BCUT2D eigenvalue weighted by molar-refractivity contribution is -0.120. The van der Waals surface area contributed by atoms with E-state index in [4.69, 9.17) is 5.14 Å². The van der Waals surface area contributed by atoms with Crippen molar-refractivity contribution in [1.29, 1.82) is 0 Å². The Hall–Kier alpha value is -1.40. The molecule has 0 atom stereocenters. The van der Waals surface area contributed by atoms with Gasteiger partial charge in [-0.15, -0.1) is 0 Å². The first-order chi connectivity index (χ1) is 9.08. The molecule has 0 radical (unpaired) electrons. The molecule has 0 spiro atoms. The van der Waals surface area contributed by atoms with Crippen molar-refractivity contribution in [3.05, 3.63) is 23.8 Å². The summed E-state index contributed by atoms with van der Waals surface area (Å²) in [6, 6.07) is 4.69. The Kier molecular flexibility index (Phi) is 3.64. The molecule has 0 bridgehead atoms.